The van der Waals surface area contributed by atoms with E-state index in [2.05, 4.69) is 17.2 Å². The molecule has 0 aliphatic carbocycles. The molecule has 1 saturated heterocycles. The Bertz CT molecular complexity index is 366. The molecule has 1 aromatic rings. The van der Waals surface area contributed by atoms with E-state index in [1.807, 2.05) is 23.2 Å². The van der Waals surface area contributed by atoms with Gasteiger partial charge in [0.1, 0.15) is 0 Å². The van der Waals surface area contributed by atoms with Crippen LogP contribution < -0.4 is 5.32 Å². The summed E-state index contributed by atoms with van der Waals surface area (Å²) in [4.78, 5) is 18.0. The Kier molecular flexibility index (Phi) is 3.96. The lowest BCUT2D eigenvalue weighted by Crippen LogP contribution is -2.39. The number of rotatable bonds is 3. The van der Waals surface area contributed by atoms with E-state index in [9.17, 15) is 4.79 Å². The van der Waals surface area contributed by atoms with Gasteiger partial charge in [0.2, 0.25) is 0 Å². The largest absolute Gasteiger partial charge is 0.338 e. The maximum Gasteiger partial charge on any atom is 0.317 e. The number of aromatic nitrogens is 1. The molecule has 0 radical (unpaired) electrons. The molecular weight excluding hydrogens is 214 g/mol. The molecule has 1 aliphatic heterocycles. The third-order valence-electron chi connectivity index (χ3n) is 3.11. The second-order valence-electron chi connectivity index (χ2n) is 4.37. The molecule has 0 bridgehead atoms. The minimum atomic E-state index is 0.0539. The molecule has 0 aromatic carbocycles. The van der Waals surface area contributed by atoms with Crippen molar-refractivity contribution >= 4 is 6.03 Å². The number of nitrogens with one attached hydrogen (secondary N) is 1. The highest BCUT2D eigenvalue weighted by Gasteiger charge is 2.29. The third kappa shape index (κ3) is 2.75. The number of hydrogen-bond acceptors (Lipinski definition) is 2. The van der Waals surface area contributed by atoms with Crippen LogP contribution in [0.3, 0.4) is 0 Å². The maximum absolute atomic E-state index is 12.0. The fraction of sp³-hybridized carbons (Fsp3) is 0.538. The van der Waals surface area contributed by atoms with Crippen LogP contribution in [0.4, 0.5) is 4.79 Å². The lowest BCUT2D eigenvalue weighted by Gasteiger charge is -2.25. The Hall–Kier alpha value is -1.58. The Labute approximate surface area is 102 Å². The first-order valence-electron chi connectivity index (χ1n) is 6.27. The molecular formula is C13H19N3O. The van der Waals surface area contributed by atoms with Crippen molar-refractivity contribution in [2.24, 2.45) is 0 Å². The van der Waals surface area contributed by atoms with E-state index in [0.29, 0.717) is 0 Å². The number of likely N-dealkylation sites (tertiary alicyclic amines) is 1. The predicted octanol–water partition coefficient (Wildman–Crippen LogP) is 2.34. The van der Waals surface area contributed by atoms with Gasteiger partial charge in [-0.2, -0.15) is 0 Å². The van der Waals surface area contributed by atoms with E-state index in [1.165, 1.54) is 0 Å². The summed E-state index contributed by atoms with van der Waals surface area (Å²) in [5.74, 6) is 0. The molecule has 4 nitrogen and oxygen atoms in total. The number of pyridine rings is 1. The number of urea groups is 1. The van der Waals surface area contributed by atoms with Gasteiger partial charge in [0.05, 0.1) is 6.04 Å². The Balaban J connectivity index is 2.05. The van der Waals surface area contributed by atoms with Crippen LogP contribution in [0.15, 0.2) is 24.5 Å². The first-order chi connectivity index (χ1) is 8.33. The predicted molar refractivity (Wildman–Crippen MR) is 66.6 cm³/mol. The zero-order valence-corrected chi connectivity index (χ0v) is 10.2. The Morgan fingerprint density at radius 2 is 2.53 bits per heavy atom. The first-order valence-corrected chi connectivity index (χ1v) is 6.27. The van der Waals surface area contributed by atoms with E-state index in [-0.39, 0.29) is 12.1 Å². The number of nitrogens with zero attached hydrogens (tertiary/aromatic N) is 2. The van der Waals surface area contributed by atoms with Crippen LogP contribution in [0.2, 0.25) is 0 Å². The molecule has 2 rings (SSSR count). The molecule has 0 saturated carbocycles. The van der Waals surface area contributed by atoms with Crippen molar-refractivity contribution in [3.8, 4) is 0 Å². The molecule has 4 heteroatoms. The molecule has 92 valence electrons. The maximum atomic E-state index is 12.0. The molecule has 17 heavy (non-hydrogen) atoms. The van der Waals surface area contributed by atoms with Crippen LogP contribution in [0.1, 0.15) is 37.8 Å². The highest BCUT2D eigenvalue weighted by atomic mass is 16.2. The van der Waals surface area contributed by atoms with Gasteiger partial charge in [-0.05, 0) is 30.9 Å². The van der Waals surface area contributed by atoms with Gasteiger partial charge in [-0.25, -0.2) is 4.79 Å². The minimum absolute atomic E-state index is 0.0539. The lowest BCUT2D eigenvalue weighted by molar-refractivity contribution is 0.193. The van der Waals surface area contributed by atoms with Gasteiger partial charge >= 0.3 is 6.03 Å². The second-order valence-corrected chi connectivity index (χ2v) is 4.37. The first kappa shape index (κ1) is 11.9. The molecule has 0 spiro atoms. The fourth-order valence-electron chi connectivity index (χ4n) is 2.26. The van der Waals surface area contributed by atoms with E-state index in [0.717, 1.165) is 37.9 Å². The normalized spacial score (nSPS) is 19.4. The molecule has 1 N–H and O–H groups in total. The van der Waals surface area contributed by atoms with Crippen molar-refractivity contribution in [3.63, 3.8) is 0 Å². The van der Waals surface area contributed by atoms with Gasteiger partial charge in [0.25, 0.3) is 0 Å². The third-order valence-corrected chi connectivity index (χ3v) is 3.11. The van der Waals surface area contributed by atoms with Gasteiger partial charge in [-0.3, -0.25) is 4.98 Å². The van der Waals surface area contributed by atoms with Crippen LogP contribution in [-0.2, 0) is 0 Å². The highest BCUT2D eigenvalue weighted by molar-refractivity contribution is 5.75. The highest BCUT2D eigenvalue weighted by Crippen LogP contribution is 2.31. The number of amides is 2. The molecule has 1 unspecified atom stereocenters. The summed E-state index contributed by atoms with van der Waals surface area (Å²) in [5, 5.41) is 2.94. The van der Waals surface area contributed by atoms with E-state index >= 15 is 0 Å². The van der Waals surface area contributed by atoms with Gasteiger partial charge in [-0.1, -0.05) is 13.0 Å². The van der Waals surface area contributed by atoms with Crippen molar-refractivity contribution in [1.82, 2.24) is 15.2 Å². The van der Waals surface area contributed by atoms with Crippen LogP contribution in [0.25, 0.3) is 0 Å². The molecule has 2 amide bonds. The second kappa shape index (κ2) is 5.66. The van der Waals surface area contributed by atoms with Crippen LogP contribution in [0, 0.1) is 0 Å². The van der Waals surface area contributed by atoms with Crippen LogP contribution in [0.5, 0.6) is 0 Å². The molecule has 1 aliphatic rings. The monoisotopic (exact) mass is 233 g/mol. The average Bonchev–Trinajstić information content (AvgIpc) is 2.86. The molecule has 1 aromatic heterocycles. The number of carbonyl (C=O) groups excluding carboxylic acids is 1. The summed E-state index contributed by atoms with van der Waals surface area (Å²) in [7, 11) is 0. The van der Waals surface area contributed by atoms with Crippen molar-refractivity contribution in [3.05, 3.63) is 30.1 Å². The summed E-state index contributed by atoms with van der Waals surface area (Å²) in [6, 6.07) is 4.22. The summed E-state index contributed by atoms with van der Waals surface area (Å²) in [6.07, 6.45) is 6.69. The number of carbonyl (C=O) groups is 1. The Morgan fingerprint density at radius 3 is 3.24 bits per heavy atom. The Morgan fingerprint density at radius 1 is 1.65 bits per heavy atom. The smallest absolute Gasteiger partial charge is 0.317 e. The SMILES string of the molecule is CCCNC(=O)N1CCCC1c1cccnc1. The van der Waals surface area contributed by atoms with Gasteiger partial charge < -0.3 is 10.2 Å². The van der Waals surface area contributed by atoms with Crippen molar-refractivity contribution in [1.29, 1.82) is 0 Å². The summed E-state index contributed by atoms with van der Waals surface area (Å²) >= 11 is 0. The van der Waals surface area contributed by atoms with E-state index < -0.39 is 0 Å². The van der Waals surface area contributed by atoms with Crippen LogP contribution in [-0.4, -0.2) is 29.0 Å². The fourth-order valence-corrected chi connectivity index (χ4v) is 2.26. The summed E-state index contributed by atoms with van der Waals surface area (Å²) < 4.78 is 0. The zero-order valence-electron chi connectivity index (χ0n) is 10.2. The standard InChI is InChI=1S/C13H19N3O/c1-2-7-15-13(17)16-9-4-6-12(16)11-5-3-8-14-10-11/h3,5,8,10,12H,2,4,6-7,9H2,1H3,(H,15,17). The quantitative estimate of drug-likeness (QED) is 0.871. The zero-order chi connectivity index (χ0) is 12.1. The van der Waals surface area contributed by atoms with E-state index in [1.54, 1.807) is 6.20 Å². The van der Waals surface area contributed by atoms with Gasteiger partial charge in [-0.15, -0.1) is 0 Å². The summed E-state index contributed by atoms with van der Waals surface area (Å²) in [5.41, 5.74) is 1.14. The average molecular weight is 233 g/mol. The van der Waals surface area contributed by atoms with Crippen LogP contribution >= 0.6 is 0 Å². The lowest BCUT2D eigenvalue weighted by atomic mass is 10.1. The minimum Gasteiger partial charge on any atom is -0.338 e. The molecule has 2 heterocycles. The number of hydrogen-bond donors (Lipinski definition) is 1. The van der Waals surface area contributed by atoms with Crippen molar-refractivity contribution in [2.45, 2.75) is 32.2 Å². The molecule has 1 fully saturated rings. The molecule has 1 atom stereocenters. The van der Waals surface area contributed by atoms with Gasteiger partial charge in [0, 0.05) is 25.5 Å². The topological polar surface area (TPSA) is 45.2 Å². The van der Waals surface area contributed by atoms with E-state index in [4.69, 9.17) is 0 Å². The van der Waals surface area contributed by atoms with Gasteiger partial charge in [0.15, 0.2) is 0 Å². The van der Waals surface area contributed by atoms with Crippen molar-refractivity contribution < 1.29 is 4.79 Å². The van der Waals surface area contributed by atoms with Crippen molar-refractivity contribution in [2.75, 3.05) is 13.1 Å². The summed E-state index contributed by atoms with van der Waals surface area (Å²) in [6.45, 7) is 3.65.